The predicted octanol–water partition coefficient (Wildman–Crippen LogP) is 0.544. The summed E-state index contributed by atoms with van der Waals surface area (Å²) in [4.78, 5) is 49.2. The summed E-state index contributed by atoms with van der Waals surface area (Å²) in [6, 6.07) is 5.23. The molecule has 11 nitrogen and oxygen atoms in total. The van der Waals surface area contributed by atoms with E-state index in [0.29, 0.717) is 12.0 Å². The molecule has 2 rings (SSSR count). The molecule has 154 valence electrons. The lowest BCUT2D eigenvalue weighted by atomic mass is 9.68. The van der Waals surface area contributed by atoms with E-state index < -0.39 is 45.9 Å². The van der Waals surface area contributed by atoms with Crippen LogP contribution in [0.1, 0.15) is 32.3 Å². The number of carbonyl (C=O) groups is 3. The highest BCUT2D eigenvalue weighted by Crippen LogP contribution is 2.36. The molecule has 0 radical (unpaired) electrons. The van der Waals surface area contributed by atoms with Crippen molar-refractivity contribution < 1.29 is 33.9 Å². The van der Waals surface area contributed by atoms with Gasteiger partial charge in [-0.1, -0.05) is 6.92 Å². The average molecular weight is 404 g/mol. The standard InChI is InChI=1S/C18H20N4O7/c1-3-18(14(10(2)23)16(25)20-18)8-13(24)15(21-19)17(26)29-9-11-4-6-12(7-5-11)22(27)28/h4-7,10,14,23H,3,8-9H2,1-2H3,(H,20,25). The van der Waals surface area contributed by atoms with Gasteiger partial charge in [0.2, 0.25) is 5.91 Å². The van der Waals surface area contributed by atoms with Crippen LogP contribution < -0.4 is 5.32 Å². The first-order valence-electron chi connectivity index (χ1n) is 8.81. The maximum absolute atomic E-state index is 12.5. The van der Waals surface area contributed by atoms with Crippen LogP contribution in [0.3, 0.4) is 0 Å². The number of esters is 1. The van der Waals surface area contributed by atoms with Crippen molar-refractivity contribution in [1.29, 1.82) is 0 Å². The molecule has 0 bridgehead atoms. The van der Waals surface area contributed by atoms with E-state index >= 15 is 0 Å². The van der Waals surface area contributed by atoms with Crippen LogP contribution in [0.4, 0.5) is 5.69 Å². The second-order valence-corrected chi connectivity index (χ2v) is 6.77. The van der Waals surface area contributed by atoms with Crippen LogP contribution in [-0.2, 0) is 25.7 Å². The predicted molar refractivity (Wildman–Crippen MR) is 97.5 cm³/mol. The fourth-order valence-corrected chi connectivity index (χ4v) is 3.35. The Morgan fingerprint density at radius 3 is 2.48 bits per heavy atom. The van der Waals surface area contributed by atoms with Crippen LogP contribution in [0.25, 0.3) is 5.53 Å². The fourth-order valence-electron chi connectivity index (χ4n) is 3.35. The summed E-state index contributed by atoms with van der Waals surface area (Å²) in [7, 11) is 0. The maximum atomic E-state index is 12.5. The number of β-lactam (4-membered cyclic amide) rings is 1. The number of ketones is 1. The number of non-ortho nitro benzene ring substituents is 1. The molecule has 29 heavy (non-hydrogen) atoms. The lowest BCUT2D eigenvalue weighted by Gasteiger charge is -2.49. The van der Waals surface area contributed by atoms with Gasteiger partial charge in [-0.05, 0) is 31.0 Å². The molecule has 0 aromatic heterocycles. The second-order valence-electron chi connectivity index (χ2n) is 6.77. The molecule has 1 amide bonds. The van der Waals surface area contributed by atoms with Gasteiger partial charge in [0.25, 0.3) is 11.5 Å². The molecule has 1 saturated heterocycles. The highest BCUT2D eigenvalue weighted by Gasteiger charge is 2.56. The zero-order valence-electron chi connectivity index (χ0n) is 15.8. The summed E-state index contributed by atoms with van der Waals surface area (Å²) in [5.41, 5.74) is 7.51. The number of carbonyl (C=O) groups excluding carboxylic acids is 3. The molecular weight excluding hydrogens is 384 g/mol. The quantitative estimate of drug-likeness (QED) is 0.0883. The zero-order chi connectivity index (χ0) is 21.8. The number of nitrogens with one attached hydrogen (secondary N) is 1. The number of nitro benzene ring substituents is 1. The summed E-state index contributed by atoms with van der Waals surface area (Å²) < 4.78 is 4.94. The van der Waals surface area contributed by atoms with Gasteiger partial charge in [0.05, 0.1) is 22.5 Å². The molecule has 11 heteroatoms. The lowest BCUT2D eigenvalue weighted by molar-refractivity contribution is -0.384. The molecule has 3 atom stereocenters. The van der Waals surface area contributed by atoms with E-state index in [-0.39, 0.29) is 18.7 Å². The monoisotopic (exact) mass is 404 g/mol. The zero-order valence-corrected chi connectivity index (χ0v) is 15.8. The first kappa shape index (κ1) is 21.9. The minimum atomic E-state index is -1.18. The third kappa shape index (κ3) is 4.53. The molecule has 0 spiro atoms. The summed E-state index contributed by atoms with van der Waals surface area (Å²) in [5.74, 6) is -3.26. The van der Waals surface area contributed by atoms with E-state index in [1.165, 1.54) is 31.2 Å². The van der Waals surface area contributed by atoms with E-state index in [1.54, 1.807) is 6.92 Å². The third-order valence-corrected chi connectivity index (χ3v) is 4.91. The molecule has 1 aliphatic rings. The topological polar surface area (TPSA) is 172 Å². The van der Waals surface area contributed by atoms with Crippen LogP contribution in [0.2, 0.25) is 0 Å². The number of nitro groups is 1. The third-order valence-electron chi connectivity index (χ3n) is 4.91. The Morgan fingerprint density at radius 1 is 1.41 bits per heavy atom. The number of rotatable bonds is 9. The first-order valence-corrected chi connectivity index (χ1v) is 8.81. The Labute approximate surface area is 165 Å². The number of Topliss-reactive ketones (excluding diaryl/α,β-unsaturated/α-hetero) is 1. The Kier molecular flexibility index (Phi) is 6.57. The van der Waals surface area contributed by atoms with Crippen LogP contribution in [-0.4, -0.2) is 49.8 Å². The molecule has 1 heterocycles. The van der Waals surface area contributed by atoms with Gasteiger partial charge in [-0.2, -0.15) is 4.79 Å². The maximum Gasteiger partial charge on any atom is 0.441 e. The summed E-state index contributed by atoms with van der Waals surface area (Å²) in [6.45, 7) is 2.84. The van der Waals surface area contributed by atoms with Gasteiger partial charge in [-0.25, -0.2) is 4.79 Å². The van der Waals surface area contributed by atoms with Crippen molar-refractivity contribution in [2.75, 3.05) is 0 Å². The largest absolute Gasteiger partial charge is 0.452 e. The lowest BCUT2D eigenvalue weighted by Crippen LogP contribution is -2.72. The average Bonchev–Trinajstić information content (AvgIpc) is 2.65. The molecular formula is C18H20N4O7. The van der Waals surface area contributed by atoms with Gasteiger partial charge >= 0.3 is 11.7 Å². The van der Waals surface area contributed by atoms with Crippen LogP contribution in [0.5, 0.6) is 0 Å². The summed E-state index contributed by atoms with van der Waals surface area (Å²) in [5, 5.41) is 23.0. The van der Waals surface area contributed by atoms with E-state index in [1.807, 2.05) is 0 Å². The molecule has 0 saturated carbocycles. The second kappa shape index (κ2) is 8.72. The van der Waals surface area contributed by atoms with Crippen LogP contribution in [0, 0.1) is 16.0 Å². The Morgan fingerprint density at radius 2 is 2.03 bits per heavy atom. The molecule has 1 aromatic carbocycles. The van der Waals surface area contributed by atoms with Gasteiger partial charge in [-0.15, -0.1) is 0 Å². The number of ether oxygens (including phenoxy) is 1. The molecule has 1 aliphatic heterocycles. The van der Waals surface area contributed by atoms with Crippen molar-refractivity contribution in [3.63, 3.8) is 0 Å². The van der Waals surface area contributed by atoms with Crippen molar-refractivity contribution in [3.05, 3.63) is 45.5 Å². The normalized spacial score (nSPS) is 21.2. The van der Waals surface area contributed by atoms with Gasteiger partial charge in [-0.3, -0.25) is 19.7 Å². The molecule has 3 unspecified atom stereocenters. The summed E-state index contributed by atoms with van der Waals surface area (Å²) in [6.07, 6.45) is -1.03. The van der Waals surface area contributed by atoms with Crippen molar-refractivity contribution in [2.24, 2.45) is 5.92 Å². The molecule has 1 fully saturated rings. The Bertz CT molecular complexity index is 890. The van der Waals surface area contributed by atoms with Gasteiger partial charge in [0, 0.05) is 18.6 Å². The number of aliphatic hydroxyl groups excluding tert-OH is 1. The molecule has 2 N–H and O–H groups in total. The number of amides is 1. The van der Waals surface area contributed by atoms with Gasteiger partial charge < -0.3 is 20.7 Å². The van der Waals surface area contributed by atoms with Crippen molar-refractivity contribution in [3.8, 4) is 0 Å². The highest BCUT2D eigenvalue weighted by atomic mass is 16.6. The van der Waals surface area contributed by atoms with Crippen molar-refractivity contribution in [1.82, 2.24) is 5.32 Å². The number of benzene rings is 1. The van der Waals surface area contributed by atoms with E-state index in [2.05, 4.69) is 10.1 Å². The van der Waals surface area contributed by atoms with Gasteiger partial charge in [0.1, 0.15) is 6.61 Å². The minimum absolute atomic E-state index is 0.132. The van der Waals surface area contributed by atoms with Crippen LogP contribution in [0.15, 0.2) is 24.3 Å². The van der Waals surface area contributed by atoms with Gasteiger partial charge in [0.15, 0.2) is 0 Å². The summed E-state index contributed by atoms with van der Waals surface area (Å²) >= 11 is 0. The smallest absolute Gasteiger partial charge is 0.441 e. The van der Waals surface area contributed by atoms with E-state index in [9.17, 15) is 29.6 Å². The Balaban J connectivity index is 2.03. The highest BCUT2D eigenvalue weighted by molar-refractivity contribution is 6.62. The number of aliphatic hydroxyl groups is 1. The number of hydrogen-bond acceptors (Lipinski definition) is 7. The number of nitrogens with zero attached hydrogens (tertiary/aromatic N) is 3. The minimum Gasteiger partial charge on any atom is -0.452 e. The fraction of sp³-hybridized carbons (Fsp3) is 0.444. The molecule has 0 aliphatic carbocycles. The van der Waals surface area contributed by atoms with E-state index in [0.717, 1.165) is 0 Å². The first-order chi connectivity index (χ1) is 13.6. The number of hydrogen-bond donors (Lipinski definition) is 2. The van der Waals surface area contributed by atoms with Crippen molar-refractivity contribution in [2.45, 2.75) is 44.9 Å². The molecule has 1 aromatic rings. The SMILES string of the molecule is CCC1(CC(=O)C(=[N+]=[N-])C(=O)OCc2ccc([N+](=O)[O-])cc2)NC(=O)C1C(C)O. The van der Waals surface area contributed by atoms with Crippen molar-refractivity contribution >= 4 is 29.1 Å². The Hall–Kier alpha value is -3.43. The van der Waals surface area contributed by atoms with E-state index in [4.69, 9.17) is 10.3 Å². The van der Waals surface area contributed by atoms with Crippen LogP contribution >= 0.6 is 0 Å².